The van der Waals surface area contributed by atoms with E-state index in [-0.39, 0.29) is 5.91 Å². The first-order valence-corrected chi connectivity index (χ1v) is 8.04. The molecule has 2 N–H and O–H groups in total. The lowest BCUT2D eigenvalue weighted by molar-refractivity contribution is -0.117. The summed E-state index contributed by atoms with van der Waals surface area (Å²) in [6.07, 6.45) is 3.02. The fourth-order valence-corrected chi connectivity index (χ4v) is 3.59. The number of hydrogen-bond donors (Lipinski definition) is 2. The molecule has 1 saturated heterocycles. The number of thioether (sulfide) groups is 1. The number of carbonyl (C=O) groups excluding carboxylic acids is 1. The van der Waals surface area contributed by atoms with Crippen molar-refractivity contribution in [2.45, 2.75) is 25.8 Å². The fraction of sp³-hybridized carbons (Fsp3) is 0.533. The minimum Gasteiger partial charge on any atom is -0.326 e. The van der Waals surface area contributed by atoms with Gasteiger partial charge in [-0.1, -0.05) is 12.1 Å². The summed E-state index contributed by atoms with van der Waals surface area (Å²) < 4.78 is 0. The van der Waals surface area contributed by atoms with Gasteiger partial charge in [0, 0.05) is 18.7 Å². The van der Waals surface area contributed by atoms with Gasteiger partial charge in [0.05, 0.1) is 0 Å². The van der Waals surface area contributed by atoms with E-state index in [1.807, 2.05) is 37.0 Å². The molecule has 0 unspecified atom stereocenters. The van der Waals surface area contributed by atoms with Gasteiger partial charge in [-0.3, -0.25) is 4.79 Å². The lowest BCUT2D eigenvalue weighted by atomic mass is 9.98. The predicted octanol–water partition coefficient (Wildman–Crippen LogP) is 2.88. The Balaban J connectivity index is 1.85. The average molecular weight is 278 g/mol. The third-order valence-electron chi connectivity index (χ3n) is 3.41. The zero-order chi connectivity index (χ0) is 13.5. The summed E-state index contributed by atoms with van der Waals surface area (Å²) in [5.74, 6) is 3.13. The first kappa shape index (κ1) is 14.4. The van der Waals surface area contributed by atoms with Gasteiger partial charge in [0.2, 0.25) is 5.91 Å². The molecule has 19 heavy (non-hydrogen) atoms. The zero-order valence-electron chi connectivity index (χ0n) is 11.4. The smallest absolute Gasteiger partial charge is 0.224 e. The van der Waals surface area contributed by atoms with Crippen LogP contribution in [0.5, 0.6) is 0 Å². The molecule has 1 heterocycles. The molecule has 0 radical (unpaired) electrons. The number of benzene rings is 1. The third-order valence-corrected chi connectivity index (χ3v) is 4.46. The Bertz CT molecular complexity index is 416. The van der Waals surface area contributed by atoms with Gasteiger partial charge in [0.15, 0.2) is 0 Å². The van der Waals surface area contributed by atoms with Crippen molar-refractivity contribution in [3.63, 3.8) is 0 Å². The number of rotatable bonds is 5. The first-order chi connectivity index (χ1) is 9.28. The summed E-state index contributed by atoms with van der Waals surface area (Å²) in [6, 6.07) is 8.03. The van der Waals surface area contributed by atoms with E-state index in [9.17, 15) is 4.79 Å². The third kappa shape index (κ3) is 4.88. The van der Waals surface area contributed by atoms with Crippen LogP contribution in [0.4, 0.5) is 5.69 Å². The predicted molar refractivity (Wildman–Crippen MR) is 82.5 cm³/mol. The molecule has 0 spiro atoms. The van der Waals surface area contributed by atoms with Crippen LogP contribution < -0.4 is 10.6 Å². The van der Waals surface area contributed by atoms with Crippen molar-refractivity contribution in [3.8, 4) is 0 Å². The van der Waals surface area contributed by atoms with Crippen LogP contribution in [0.1, 0.15) is 24.8 Å². The molecule has 0 saturated carbocycles. The van der Waals surface area contributed by atoms with Crippen molar-refractivity contribution in [2.75, 3.05) is 23.9 Å². The molecule has 1 aliphatic rings. The van der Waals surface area contributed by atoms with Gasteiger partial charge in [-0.25, -0.2) is 0 Å². The number of anilines is 1. The molecule has 104 valence electrons. The van der Waals surface area contributed by atoms with Crippen molar-refractivity contribution in [1.82, 2.24) is 5.32 Å². The fourth-order valence-electron chi connectivity index (χ4n) is 2.39. The van der Waals surface area contributed by atoms with Gasteiger partial charge >= 0.3 is 0 Å². The number of nitrogens with one attached hydrogen (secondary N) is 2. The molecule has 1 aromatic carbocycles. The lowest BCUT2D eigenvalue weighted by Gasteiger charge is -2.20. The quantitative estimate of drug-likeness (QED) is 0.870. The molecule has 3 nitrogen and oxygen atoms in total. The molecule has 2 rings (SSSR count). The molecular formula is C15H22N2OS. The summed E-state index contributed by atoms with van der Waals surface area (Å²) in [4.78, 5) is 12.0. The molecule has 4 heteroatoms. The maximum absolute atomic E-state index is 12.0. The molecular weight excluding hydrogens is 256 g/mol. The maximum Gasteiger partial charge on any atom is 0.224 e. The summed E-state index contributed by atoms with van der Waals surface area (Å²) in [6.45, 7) is 0.823. The highest BCUT2D eigenvalue weighted by Gasteiger charge is 2.17. The van der Waals surface area contributed by atoms with Gasteiger partial charge in [0.1, 0.15) is 0 Å². The van der Waals surface area contributed by atoms with Crippen molar-refractivity contribution in [2.24, 2.45) is 5.92 Å². The first-order valence-electron chi connectivity index (χ1n) is 6.89. The second-order valence-corrected chi connectivity index (χ2v) is 6.26. The highest BCUT2D eigenvalue weighted by Crippen LogP contribution is 2.25. The second kappa shape index (κ2) is 7.56. The molecule has 1 aromatic rings. The lowest BCUT2D eigenvalue weighted by Crippen LogP contribution is -2.19. The van der Waals surface area contributed by atoms with Crippen LogP contribution in [0.25, 0.3) is 0 Å². The van der Waals surface area contributed by atoms with Crippen molar-refractivity contribution in [3.05, 3.63) is 29.8 Å². The Morgan fingerprint density at radius 2 is 2.16 bits per heavy atom. The van der Waals surface area contributed by atoms with Gasteiger partial charge < -0.3 is 10.6 Å². The van der Waals surface area contributed by atoms with Crippen LogP contribution in [-0.2, 0) is 11.3 Å². The molecule has 1 aliphatic heterocycles. The average Bonchev–Trinajstić information content (AvgIpc) is 2.40. The van der Waals surface area contributed by atoms with Crippen LogP contribution >= 0.6 is 11.8 Å². The van der Waals surface area contributed by atoms with E-state index in [1.54, 1.807) is 0 Å². The molecule has 1 amide bonds. The van der Waals surface area contributed by atoms with Crippen LogP contribution in [0.15, 0.2) is 24.3 Å². The number of amides is 1. The van der Waals surface area contributed by atoms with Gasteiger partial charge in [-0.05, 0) is 55.0 Å². The summed E-state index contributed by atoms with van der Waals surface area (Å²) >= 11 is 2.00. The van der Waals surface area contributed by atoms with Crippen molar-refractivity contribution >= 4 is 23.4 Å². The minimum atomic E-state index is 0.151. The Kier molecular flexibility index (Phi) is 5.73. The molecule has 0 aliphatic carbocycles. The summed E-state index contributed by atoms with van der Waals surface area (Å²) in [7, 11) is 1.92. The number of carbonyl (C=O) groups is 1. The van der Waals surface area contributed by atoms with E-state index in [0.717, 1.165) is 12.2 Å². The summed E-state index contributed by atoms with van der Waals surface area (Å²) in [5, 5.41) is 6.13. The molecule has 0 atom stereocenters. The van der Waals surface area contributed by atoms with E-state index in [2.05, 4.69) is 16.7 Å². The largest absolute Gasteiger partial charge is 0.326 e. The van der Waals surface area contributed by atoms with Crippen LogP contribution in [0, 0.1) is 5.92 Å². The van der Waals surface area contributed by atoms with Crippen LogP contribution in [0.2, 0.25) is 0 Å². The molecule has 0 bridgehead atoms. The minimum absolute atomic E-state index is 0.151. The van der Waals surface area contributed by atoms with Crippen LogP contribution in [0.3, 0.4) is 0 Å². The van der Waals surface area contributed by atoms with Crippen molar-refractivity contribution in [1.29, 1.82) is 0 Å². The van der Waals surface area contributed by atoms with Crippen molar-refractivity contribution < 1.29 is 4.79 Å². The van der Waals surface area contributed by atoms with Crippen LogP contribution in [-0.4, -0.2) is 24.5 Å². The monoisotopic (exact) mass is 278 g/mol. The second-order valence-electron chi connectivity index (χ2n) is 5.04. The molecule has 1 fully saturated rings. The number of hydrogen-bond acceptors (Lipinski definition) is 3. The Morgan fingerprint density at radius 1 is 1.37 bits per heavy atom. The molecule has 0 aromatic heterocycles. The highest BCUT2D eigenvalue weighted by molar-refractivity contribution is 7.99. The van der Waals surface area contributed by atoms with Gasteiger partial charge in [-0.2, -0.15) is 11.8 Å². The SMILES string of the molecule is CNCc1cccc(NC(=O)CC2CCSCC2)c1. The maximum atomic E-state index is 12.0. The van der Waals surface area contributed by atoms with Gasteiger partial charge in [0.25, 0.3) is 0 Å². The Morgan fingerprint density at radius 3 is 2.89 bits per heavy atom. The van der Waals surface area contributed by atoms with E-state index in [4.69, 9.17) is 0 Å². The highest BCUT2D eigenvalue weighted by atomic mass is 32.2. The van der Waals surface area contributed by atoms with E-state index in [0.29, 0.717) is 12.3 Å². The van der Waals surface area contributed by atoms with E-state index >= 15 is 0 Å². The standard InChI is InChI=1S/C15H22N2OS/c1-16-11-13-3-2-4-14(9-13)17-15(18)10-12-5-7-19-8-6-12/h2-4,9,12,16H,5-8,10-11H2,1H3,(H,17,18). The topological polar surface area (TPSA) is 41.1 Å². The van der Waals surface area contributed by atoms with E-state index < -0.39 is 0 Å². The van der Waals surface area contributed by atoms with Gasteiger partial charge in [-0.15, -0.1) is 0 Å². The summed E-state index contributed by atoms with van der Waals surface area (Å²) in [5.41, 5.74) is 2.09. The normalized spacial score (nSPS) is 16.3. The van der Waals surface area contributed by atoms with E-state index in [1.165, 1.54) is 29.9 Å². The Labute approximate surface area is 119 Å². The zero-order valence-corrected chi connectivity index (χ0v) is 12.3. The Hall–Kier alpha value is -1.00.